The fraction of sp³-hybridized carbons (Fsp3) is 0.281. The molecule has 8 nitrogen and oxygen atoms in total. The Morgan fingerprint density at radius 3 is 2.60 bits per heavy atom. The number of hydroxylamine groups is 2. The molecule has 2 heterocycles. The third-order valence-corrected chi connectivity index (χ3v) is 7.21. The van der Waals surface area contributed by atoms with E-state index in [1.807, 2.05) is 60.8 Å². The van der Waals surface area contributed by atoms with Crippen LogP contribution in [0.5, 0.6) is 5.75 Å². The Kier molecular flexibility index (Phi) is 8.48. The van der Waals surface area contributed by atoms with Crippen molar-refractivity contribution in [1.82, 2.24) is 15.4 Å². The number of carbonyl (C=O) groups is 1. The number of aromatic hydroxyl groups is 1. The smallest absolute Gasteiger partial charge is 0.240 e. The van der Waals surface area contributed by atoms with Crippen LogP contribution in [0, 0.1) is 17.8 Å². The van der Waals surface area contributed by atoms with Gasteiger partial charge in [0.2, 0.25) is 5.91 Å². The summed E-state index contributed by atoms with van der Waals surface area (Å²) in [5.41, 5.74) is 4.57. The van der Waals surface area contributed by atoms with E-state index in [4.69, 9.17) is 4.84 Å². The summed E-state index contributed by atoms with van der Waals surface area (Å²) in [6.07, 6.45) is 1.04. The first-order chi connectivity index (χ1) is 19.4. The van der Waals surface area contributed by atoms with E-state index in [0.717, 1.165) is 27.6 Å². The molecule has 1 aliphatic rings. The molecule has 8 heteroatoms. The van der Waals surface area contributed by atoms with Gasteiger partial charge in [0, 0.05) is 40.7 Å². The topological polar surface area (TPSA) is 118 Å². The number of para-hydroxylation sites is 1. The summed E-state index contributed by atoms with van der Waals surface area (Å²) in [5, 5.41) is 35.8. The van der Waals surface area contributed by atoms with Gasteiger partial charge in [0.15, 0.2) is 0 Å². The number of nitrogens with zero attached hydrogens (tertiary/aromatic N) is 1. The van der Waals surface area contributed by atoms with Gasteiger partial charge in [-0.05, 0) is 60.9 Å². The summed E-state index contributed by atoms with van der Waals surface area (Å²) in [5.74, 6) is 5.44. The maximum absolute atomic E-state index is 13.4. The van der Waals surface area contributed by atoms with Crippen LogP contribution in [-0.4, -0.2) is 62.7 Å². The van der Waals surface area contributed by atoms with E-state index in [1.54, 1.807) is 30.2 Å². The van der Waals surface area contributed by atoms with Crippen LogP contribution in [0.4, 0.5) is 0 Å². The van der Waals surface area contributed by atoms with Crippen LogP contribution in [-0.2, 0) is 22.6 Å². The largest absolute Gasteiger partial charge is 0.508 e. The SMILES string of the molecule is C[C@@H](O)[C@H]1ON(Cc2ccc(C#Cc3cccc(O)c3)cc2)[C@@H](C(=O)NCCc2c[nH]c3ccccc23)[C@H]1CO. The van der Waals surface area contributed by atoms with Gasteiger partial charge >= 0.3 is 0 Å². The number of H-pyrrole nitrogens is 1. The summed E-state index contributed by atoms with van der Waals surface area (Å²) in [7, 11) is 0. The van der Waals surface area contributed by atoms with Crippen molar-refractivity contribution in [1.29, 1.82) is 0 Å². The normalized spacial score (nSPS) is 19.7. The Hall–Kier alpha value is -4.13. The van der Waals surface area contributed by atoms with Crippen molar-refractivity contribution in [3.05, 3.63) is 101 Å². The van der Waals surface area contributed by atoms with Crippen LogP contribution < -0.4 is 5.32 Å². The van der Waals surface area contributed by atoms with E-state index in [1.165, 1.54) is 0 Å². The second-order valence-corrected chi connectivity index (χ2v) is 10.1. The van der Waals surface area contributed by atoms with Crippen molar-refractivity contribution in [3.63, 3.8) is 0 Å². The van der Waals surface area contributed by atoms with Crippen molar-refractivity contribution >= 4 is 16.8 Å². The van der Waals surface area contributed by atoms with E-state index in [-0.39, 0.29) is 18.3 Å². The van der Waals surface area contributed by atoms with Gasteiger partial charge < -0.3 is 25.6 Å². The zero-order valence-electron chi connectivity index (χ0n) is 22.2. The second-order valence-electron chi connectivity index (χ2n) is 10.1. The lowest BCUT2D eigenvalue weighted by atomic mass is 9.92. The molecule has 4 aromatic rings. The first kappa shape index (κ1) is 27.4. The van der Waals surface area contributed by atoms with E-state index in [0.29, 0.717) is 25.1 Å². The first-order valence-electron chi connectivity index (χ1n) is 13.4. The average molecular weight is 540 g/mol. The molecule has 0 unspecified atom stereocenters. The number of aromatic nitrogens is 1. The van der Waals surface area contributed by atoms with E-state index in [2.05, 4.69) is 22.1 Å². The minimum atomic E-state index is -0.862. The van der Waals surface area contributed by atoms with Crippen molar-refractivity contribution in [2.45, 2.75) is 38.1 Å². The number of hydrogen-bond acceptors (Lipinski definition) is 6. The van der Waals surface area contributed by atoms with Crippen LogP contribution in [0.2, 0.25) is 0 Å². The summed E-state index contributed by atoms with van der Waals surface area (Å²) >= 11 is 0. The molecule has 0 saturated carbocycles. The van der Waals surface area contributed by atoms with Crippen molar-refractivity contribution in [2.75, 3.05) is 13.2 Å². The minimum absolute atomic E-state index is 0.168. The number of aromatic amines is 1. The number of phenols is 1. The van der Waals surface area contributed by atoms with Crippen molar-refractivity contribution in [2.24, 2.45) is 5.92 Å². The molecule has 0 aliphatic carbocycles. The number of amides is 1. The Labute approximate surface area is 233 Å². The molecule has 4 atom stereocenters. The molecular formula is C32H33N3O5. The molecule has 1 aromatic heterocycles. The number of hydrogen-bond donors (Lipinski definition) is 5. The summed E-state index contributed by atoms with van der Waals surface area (Å²) in [6.45, 7) is 2.02. The fourth-order valence-electron chi connectivity index (χ4n) is 5.17. The number of rotatable bonds is 8. The third-order valence-electron chi connectivity index (χ3n) is 7.21. The molecule has 1 saturated heterocycles. The highest BCUT2D eigenvalue weighted by Gasteiger charge is 2.48. The van der Waals surface area contributed by atoms with Gasteiger partial charge in [-0.1, -0.05) is 48.2 Å². The zero-order valence-corrected chi connectivity index (χ0v) is 22.2. The second kappa shape index (κ2) is 12.4. The lowest BCUT2D eigenvalue weighted by molar-refractivity contribution is -0.192. The van der Waals surface area contributed by atoms with Gasteiger partial charge in [0.25, 0.3) is 0 Å². The molecule has 0 spiro atoms. The Morgan fingerprint density at radius 1 is 1.07 bits per heavy atom. The molecule has 5 rings (SSSR count). The highest BCUT2D eigenvalue weighted by molar-refractivity contribution is 5.84. The minimum Gasteiger partial charge on any atom is -0.508 e. The molecule has 1 amide bonds. The lowest BCUT2D eigenvalue weighted by Gasteiger charge is -2.24. The molecule has 3 aromatic carbocycles. The van der Waals surface area contributed by atoms with Crippen LogP contribution in [0.1, 0.15) is 29.2 Å². The summed E-state index contributed by atoms with van der Waals surface area (Å²) in [4.78, 5) is 22.7. The number of phenolic OH excluding ortho intramolecular Hbond substituents is 1. The number of fused-ring (bicyclic) bond motifs is 1. The number of nitrogens with one attached hydrogen (secondary N) is 2. The fourth-order valence-corrected chi connectivity index (χ4v) is 5.17. The molecule has 0 radical (unpaired) electrons. The van der Waals surface area contributed by atoms with Crippen molar-refractivity contribution < 1.29 is 25.0 Å². The molecule has 0 bridgehead atoms. The third kappa shape index (κ3) is 6.19. The van der Waals surface area contributed by atoms with E-state index in [9.17, 15) is 20.1 Å². The molecule has 40 heavy (non-hydrogen) atoms. The molecule has 1 aliphatic heterocycles. The van der Waals surface area contributed by atoms with Crippen LogP contribution >= 0.6 is 0 Å². The van der Waals surface area contributed by atoms with Gasteiger partial charge in [-0.15, -0.1) is 0 Å². The number of aliphatic hydroxyl groups is 2. The lowest BCUT2D eigenvalue weighted by Crippen LogP contribution is -2.48. The monoisotopic (exact) mass is 539 g/mol. The maximum Gasteiger partial charge on any atom is 0.240 e. The Bertz CT molecular complexity index is 1520. The summed E-state index contributed by atoms with van der Waals surface area (Å²) in [6, 6.07) is 21.6. The number of benzene rings is 3. The van der Waals surface area contributed by atoms with Crippen LogP contribution in [0.25, 0.3) is 10.9 Å². The Balaban J connectivity index is 1.26. The van der Waals surface area contributed by atoms with Gasteiger partial charge in [0.05, 0.1) is 19.3 Å². The van der Waals surface area contributed by atoms with E-state index >= 15 is 0 Å². The number of carbonyl (C=O) groups excluding carboxylic acids is 1. The maximum atomic E-state index is 13.4. The van der Waals surface area contributed by atoms with Crippen LogP contribution in [0.3, 0.4) is 0 Å². The van der Waals surface area contributed by atoms with E-state index < -0.39 is 24.2 Å². The van der Waals surface area contributed by atoms with Gasteiger partial charge in [-0.25, -0.2) is 0 Å². The number of aliphatic hydroxyl groups excluding tert-OH is 2. The zero-order chi connectivity index (χ0) is 28.1. The Morgan fingerprint density at radius 2 is 1.85 bits per heavy atom. The van der Waals surface area contributed by atoms with Gasteiger partial charge in [-0.3, -0.25) is 9.63 Å². The predicted molar refractivity (Wildman–Crippen MR) is 152 cm³/mol. The standard InChI is InChI=1S/C32H33N3O5/c1-21(37)31-28(20-36)30(32(39)33-16-15-25-18-34-29-8-3-2-7-27(25)29)35(40-31)19-24-13-10-22(11-14-24)9-12-23-5-4-6-26(38)17-23/h2-8,10-11,13-14,17-18,21,28,30-31,34,36-38H,15-16,19-20H2,1H3,(H,33,39)/t21-,28-,30-,31-/m1/s1. The molecular weight excluding hydrogens is 506 g/mol. The summed E-state index contributed by atoms with van der Waals surface area (Å²) < 4.78 is 0. The van der Waals surface area contributed by atoms with Gasteiger partial charge in [0.1, 0.15) is 17.9 Å². The van der Waals surface area contributed by atoms with Crippen LogP contribution in [0.15, 0.2) is 79.0 Å². The molecule has 5 N–H and O–H groups in total. The average Bonchev–Trinajstić information content (AvgIpc) is 3.54. The molecule has 1 fully saturated rings. The van der Waals surface area contributed by atoms with Crippen molar-refractivity contribution in [3.8, 4) is 17.6 Å². The quantitative estimate of drug-likeness (QED) is 0.220. The molecule has 206 valence electrons. The predicted octanol–water partition coefficient (Wildman–Crippen LogP) is 3.11. The highest BCUT2D eigenvalue weighted by Crippen LogP contribution is 2.31. The first-order valence-corrected chi connectivity index (χ1v) is 13.4. The van der Waals surface area contributed by atoms with Gasteiger partial charge in [-0.2, -0.15) is 5.06 Å². The highest BCUT2D eigenvalue weighted by atomic mass is 16.7.